The Bertz CT molecular complexity index is 1620. The molecule has 0 aliphatic heterocycles. The normalized spacial score (nSPS) is 11.1. The monoisotopic (exact) mass is 734 g/mol. The third-order valence-electron chi connectivity index (χ3n) is 5.19. The number of nitrogen functional groups attached to an aromatic ring is 1. The first-order valence-electron chi connectivity index (χ1n) is 13.7. The summed E-state index contributed by atoms with van der Waals surface area (Å²) in [6, 6.07) is 24.4. The molecule has 49 heavy (non-hydrogen) atoms. The number of ketones is 1. The number of halogens is 8. The Hall–Kier alpha value is -4.86. The first-order chi connectivity index (χ1) is 23.0. The van der Waals surface area contributed by atoms with Gasteiger partial charge < -0.3 is 24.4 Å². The van der Waals surface area contributed by atoms with Crippen LogP contribution in [0, 0.1) is 0 Å². The Morgan fingerprint density at radius 3 is 1.53 bits per heavy atom. The van der Waals surface area contributed by atoms with Gasteiger partial charge in [-0.25, -0.2) is 0 Å². The van der Waals surface area contributed by atoms with Crippen LogP contribution in [0.2, 0.25) is 10.0 Å². The second kappa shape index (κ2) is 19.8. The molecule has 0 radical (unpaired) electrons. The first kappa shape index (κ1) is 40.3. The van der Waals surface area contributed by atoms with Crippen molar-refractivity contribution < 1.29 is 50.1 Å². The molecule has 0 bridgehead atoms. The molecule has 4 N–H and O–H groups in total. The van der Waals surface area contributed by atoms with E-state index in [9.17, 15) is 31.1 Å². The molecule has 0 saturated carbocycles. The maximum atomic E-state index is 12.2. The van der Waals surface area contributed by atoms with Crippen molar-refractivity contribution in [2.45, 2.75) is 26.6 Å². The number of Topliss-reactive ketones (excluding diaryl/α,β-unsaturated/α-hetero) is 1. The van der Waals surface area contributed by atoms with Gasteiger partial charge in [0, 0.05) is 22.2 Å². The van der Waals surface area contributed by atoms with Crippen molar-refractivity contribution >= 4 is 46.1 Å². The van der Waals surface area contributed by atoms with E-state index in [2.05, 4.69) is 25.4 Å². The van der Waals surface area contributed by atoms with Gasteiger partial charge in [0.25, 0.3) is 0 Å². The van der Waals surface area contributed by atoms with Crippen LogP contribution in [0.1, 0.15) is 13.8 Å². The highest BCUT2D eigenvalue weighted by molar-refractivity contribution is 6.30. The molecule has 264 valence electrons. The second-order valence-corrected chi connectivity index (χ2v) is 10.3. The summed E-state index contributed by atoms with van der Waals surface area (Å²) in [7, 11) is 0. The Balaban J connectivity index is 0.000000281. The van der Waals surface area contributed by atoms with Crippen LogP contribution in [-0.2, 0) is 4.79 Å². The van der Waals surface area contributed by atoms with Crippen molar-refractivity contribution in [2.75, 3.05) is 24.1 Å². The molecule has 0 heterocycles. The number of alkyl halides is 6. The van der Waals surface area contributed by atoms with Crippen molar-refractivity contribution in [3.63, 3.8) is 0 Å². The van der Waals surface area contributed by atoms with Crippen molar-refractivity contribution in [1.29, 1.82) is 0 Å². The minimum absolute atomic E-state index is 0.00458. The van der Waals surface area contributed by atoms with Crippen LogP contribution in [0.5, 0.6) is 23.0 Å². The van der Waals surface area contributed by atoms with Crippen LogP contribution in [0.3, 0.4) is 0 Å². The third kappa shape index (κ3) is 18.9. The highest BCUT2D eigenvalue weighted by atomic mass is 35.5. The molecule has 0 atom stereocenters. The lowest BCUT2D eigenvalue weighted by molar-refractivity contribution is -0.275. The van der Waals surface area contributed by atoms with Crippen LogP contribution in [0.25, 0.3) is 0 Å². The third-order valence-corrected chi connectivity index (χ3v) is 5.70. The van der Waals surface area contributed by atoms with Gasteiger partial charge in [0.2, 0.25) is 0 Å². The molecule has 0 spiro atoms. The number of hydrogen-bond acceptors (Lipinski definition) is 9. The van der Waals surface area contributed by atoms with Crippen LogP contribution >= 0.6 is 23.2 Å². The summed E-state index contributed by atoms with van der Waals surface area (Å²) < 4.78 is 89.7. The van der Waals surface area contributed by atoms with E-state index < -0.39 is 12.7 Å². The van der Waals surface area contributed by atoms with Gasteiger partial charge in [-0.3, -0.25) is 16.1 Å². The smallest absolute Gasteiger partial charge is 0.488 e. The predicted octanol–water partition coefficient (Wildman–Crippen LogP) is 9.28. The molecule has 0 saturated heterocycles. The zero-order valence-electron chi connectivity index (χ0n) is 25.7. The summed E-state index contributed by atoms with van der Waals surface area (Å²) in [4.78, 5) is 10.5. The molecule has 4 rings (SSSR count). The van der Waals surface area contributed by atoms with Gasteiger partial charge in [0.1, 0.15) is 36.2 Å². The lowest BCUT2D eigenvalue weighted by Gasteiger charge is -2.10. The van der Waals surface area contributed by atoms with Crippen molar-refractivity contribution in [1.82, 2.24) is 0 Å². The van der Waals surface area contributed by atoms with Gasteiger partial charge in [-0.1, -0.05) is 35.3 Å². The summed E-state index contributed by atoms with van der Waals surface area (Å²) in [5, 5.41) is 5.31. The van der Waals surface area contributed by atoms with E-state index in [4.69, 9.17) is 38.5 Å². The first-order valence-corrected chi connectivity index (χ1v) is 14.5. The number of hydrazone groups is 1. The molecule has 0 aliphatic rings. The van der Waals surface area contributed by atoms with Crippen LogP contribution < -0.4 is 35.6 Å². The minimum atomic E-state index is -4.73. The van der Waals surface area contributed by atoms with E-state index in [-0.39, 0.29) is 30.5 Å². The number of carbonyl (C=O) groups is 1. The average molecular weight is 736 g/mol. The fourth-order valence-electron chi connectivity index (χ4n) is 3.17. The maximum Gasteiger partial charge on any atom is 0.573 e. The highest BCUT2D eigenvalue weighted by Crippen LogP contribution is 2.26. The van der Waals surface area contributed by atoms with E-state index in [1.807, 2.05) is 0 Å². The zero-order valence-corrected chi connectivity index (χ0v) is 27.3. The summed E-state index contributed by atoms with van der Waals surface area (Å²) >= 11 is 11.4. The number of hydrazine groups is 1. The number of hydrogen-bond donors (Lipinski definition) is 3. The molecule has 0 unspecified atom stereocenters. The number of ether oxygens (including phenoxy) is 4. The SMILES string of the molecule is C/C(COc1ccc(Cl)cc1)=N\Nc1cccc(OC(F)(F)F)c1.CC(=O)COc1ccc(Cl)cc1.NNc1cccc(OC(F)(F)F)c1. The van der Waals surface area contributed by atoms with Gasteiger partial charge in [-0.15, -0.1) is 26.3 Å². The van der Waals surface area contributed by atoms with E-state index in [0.717, 1.165) is 6.07 Å². The molecule has 4 aromatic carbocycles. The second-order valence-electron chi connectivity index (χ2n) is 9.44. The van der Waals surface area contributed by atoms with Gasteiger partial charge in [-0.05, 0) is 86.6 Å². The summed E-state index contributed by atoms with van der Waals surface area (Å²) in [5.41, 5.74) is 6.18. The lowest BCUT2D eigenvalue weighted by Crippen LogP contribution is -2.17. The van der Waals surface area contributed by atoms with Crippen LogP contribution in [0.4, 0.5) is 37.7 Å². The van der Waals surface area contributed by atoms with Crippen molar-refractivity contribution in [3.05, 3.63) is 107 Å². The number of nitrogens with zero attached hydrogens (tertiary/aromatic N) is 1. The van der Waals surface area contributed by atoms with Gasteiger partial charge in [0.15, 0.2) is 5.78 Å². The molecule has 0 aliphatic carbocycles. The van der Waals surface area contributed by atoms with E-state index in [1.165, 1.54) is 43.3 Å². The zero-order chi connectivity index (χ0) is 36.5. The molecular weight excluding hydrogens is 705 g/mol. The molecule has 4 aromatic rings. The van der Waals surface area contributed by atoms with E-state index in [0.29, 0.717) is 38.6 Å². The van der Waals surface area contributed by atoms with Crippen LogP contribution in [0.15, 0.2) is 102 Å². The molecular formula is C32H30Cl2F6N4O5. The standard InChI is InChI=1S/C16H14ClF3N2O2.C9H9ClO2.C7H7F3N2O/c1-11(10-23-14-7-5-12(17)6-8-14)21-22-13-3-2-4-15(9-13)24-16(18,19)20;1-7(11)6-12-9-4-2-8(10)3-5-9;8-7(9,10)13-6-3-1-2-5(4-6)12-11/h2-9,22H,10H2,1H3;2-5H,6H2,1H3;1-4,12H,11H2/b21-11+;;. The average Bonchev–Trinajstić information content (AvgIpc) is 3.02. The number of anilines is 2. The summed E-state index contributed by atoms with van der Waals surface area (Å²) in [6.45, 7) is 3.53. The fraction of sp³-hybridized carbons (Fsp3) is 0.188. The molecule has 9 nitrogen and oxygen atoms in total. The predicted molar refractivity (Wildman–Crippen MR) is 175 cm³/mol. The molecule has 0 aromatic heterocycles. The van der Waals surface area contributed by atoms with Crippen molar-refractivity contribution in [2.24, 2.45) is 10.9 Å². The lowest BCUT2D eigenvalue weighted by atomic mass is 10.3. The fourth-order valence-corrected chi connectivity index (χ4v) is 3.42. The summed E-state index contributed by atoms with van der Waals surface area (Å²) in [6.07, 6.45) is -9.41. The Morgan fingerprint density at radius 2 is 1.10 bits per heavy atom. The van der Waals surface area contributed by atoms with E-state index in [1.54, 1.807) is 61.5 Å². The topological polar surface area (TPSA) is 116 Å². The van der Waals surface area contributed by atoms with Gasteiger partial charge in [-0.2, -0.15) is 5.10 Å². The maximum absolute atomic E-state index is 12.2. The molecule has 0 amide bonds. The Kier molecular flexibility index (Phi) is 16.3. The van der Waals surface area contributed by atoms with Crippen molar-refractivity contribution in [3.8, 4) is 23.0 Å². The quantitative estimate of drug-likeness (QED) is 0.0605. The number of nitrogens with two attached hydrogens (primary N) is 1. The Morgan fingerprint density at radius 1 is 0.673 bits per heavy atom. The van der Waals surface area contributed by atoms with Gasteiger partial charge >= 0.3 is 12.7 Å². The van der Waals surface area contributed by atoms with Crippen LogP contribution in [-0.4, -0.2) is 37.4 Å². The summed E-state index contributed by atoms with van der Waals surface area (Å²) in [5.74, 6) is 5.67. The molecule has 0 fully saturated rings. The molecule has 17 heteroatoms. The number of nitrogens with one attached hydrogen (secondary N) is 2. The highest BCUT2D eigenvalue weighted by Gasteiger charge is 2.31. The Labute approximate surface area is 287 Å². The number of carbonyl (C=O) groups excluding carboxylic acids is 1. The van der Waals surface area contributed by atoms with E-state index >= 15 is 0 Å². The number of benzene rings is 4. The minimum Gasteiger partial charge on any atom is -0.488 e. The number of rotatable bonds is 11. The largest absolute Gasteiger partial charge is 0.573 e. The van der Waals surface area contributed by atoms with Gasteiger partial charge in [0.05, 0.1) is 17.1 Å².